The van der Waals surface area contributed by atoms with Crippen LogP contribution in [0, 0.1) is 11.8 Å². The van der Waals surface area contributed by atoms with Crippen LogP contribution < -0.4 is 13.0 Å². The number of likely N-dealkylation sites (tertiary alicyclic amines) is 1. The van der Waals surface area contributed by atoms with Crippen molar-refractivity contribution in [3.05, 3.63) is 34.4 Å². The number of nitrogens with zero attached hydrogens (tertiary/aromatic N) is 1. The van der Waals surface area contributed by atoms with Gasteiger partial charge in [0.2, 0.25) is 0 Å². The summed E-state index contributed by atoms with van der Waals surface area (Å²) in [6.07, 6.45) is 5.97. The van der Waals surface area contributed by atoms with E-state index in [1.807, 2.05) is 12.1 Å². The van der Waals surface area contributed by atoms with Gasteiger partial charge in [-0.1, -0.05) is 0 Å². The predicted molar refractivity (Wildman–Crippen MR) is 204 cm³/mol. The van der Waals surface area contributed by atoms with Crippen molar-refractivity contribution in [2.45, 2.75) is 113 Å². The van der Waals surface area contributed by atoms with Gasteiger partial charge < -0.3 is 0 Å². The third-order valence-electron chi connectivity index (χ3n) is 14.5. The summed E-state index contributed by atoms with van der Waals surface area (Å²) in [5.74, 6) is 1.40. The molecule has 6 aliphatic carbocycles. The average molecular weight is 923 g/mol. The number of nitrogens with one attached hydrogen (secondary N) is 1. The number of halogens is 2. The number of aliphatic hydroxyl groups is 2. The van der Waals surface area contributed by atoms with E-state index in [9.17, 15) is 30.0 Å². The van der Waals surface area contributed by atoms with Crippen molar-refractivity contribution in [2.24, 2.45) is 11.8 Å². The number of rotatable bonds is 7. The Morgan fingerprint density at radius 3 is 2.33 bits per heavy atom. The number of phenolic OH excluding ortho intramolecular Hbond substituents is 2. The number of ketones is 2. The molecule has 51 heavy (non-hydrogen) atoms. The Morgan fingerprint density at radius 2 is 1.59 bits per heavy atom. The van der Waals surface area contributed by atoms with E-state index in [0.717, 1.165) is 41.9 Å². The van der Waals surface area contributed by atoms with E-state index in [1.54, 1.807) is 0 Å². The third kappa shape index (κ3) is 4.03. The van der Waals surface area contributed by atoms with E-state index in [2.05, 4.69) is 36.0 Å². The minimum atomic E-state index is -1.94. The van der Waals surface area contributed by atoms with Crippen LogP contribution in [0.3, 0.4) is 0 Å². The molecular formula is C39H44I2N2O8. The van der Waals surface area contributed by atoms with Gasteiger partial charge in [-0.3, -0.25) is 0 Å². The molecule has 2 aromatic carbocycles. The molecule has 3 aliphatic heterocycles. The van der Waals surface area contributed by atoms with E-state index in [4.69, 9.17) is 9.47 Å². The van der Waals surface area contributed by atoms with Crippen LogP contribution in [0.25, 0.3) is 11.1 Å². The Hall–Kier alpha value is -1.72. The summed E-state index contributed by atoms with van der Waals surface area (Å²) in [5.41, 5.74) is 0.977. The number of phenols is 2. The van der Waals surface area contributed by atoms with Crippen LogP contribution in [0.1, 0.15) is 90.4 Å². The van der Waals surface area contributed by atoms with Gasteiger partial charge in [0.25, 0.3) is 0 Å². The average Bonchev–Trinajstić information content (AvgIpc) is 4.03. The van der Waals surface area contributed by atoms with Gasteiger partial charge in [-0.15, -0.1) is 0 Å². The first-order chi connectivity index (χ1) is 24.4. The van der Waals surface area contributed by atoms with Crippen molar-refractivity contribution < 1.29 is 39.5 Å². The summed E-state index contributed by atoms with van der Waals surface area (Å²) in [6.45, 7) is 2.67. The molecule has 1 saturated heterocycles. The second-order valence-electron chi connectivity index (χ2n) is 17.1. The molecule has 12 heteroatoms. The number of aromatic hydroxyl groups is 2. The number of alkyl halides is 3. The number of benzene rings is 2. The summed E-state index contributed by atoms with van der Waals surface area (Å²) in [6, 6.07) is 3.76. The van der Waals surface area contributed by atoms with E-state index in [-0.39, 0.29) is 57.4 Å². The van der Waals surface area contributed by atoms with Gasteiger partial charge in [0.1, 0.15) is 0 Å². The fraction of sp³-hybridized carbons (Fsp3) is 0.641. The summed E-state index contributed by atoms with van der Waals surface area (Å²) in [7, 11) is 0. The fourth-order valence-corrected chi connectivity index (χ4v) is 17.7. The van der Waals surface area contributed by atoms with Gasteiger partial charge >= 0.3 is 307 Å². The fourth-order valence-electron chi connectivity index (χ4n) is 11.5. The van der Waals surface area contributed by atoms with Gasteiger partial charge in [0.05, 0.1) is 0 Å². The number of ether oxygens (including phenoxy) is 2. The minimum absolute atomic E-state index is 0.0143. The Balaban J connectivity index is 1.10. The van der Waals surface area contributed by atoms with Crippen molar-refractivity contribution in [3.63, 3.8) is 0 Å². The molecule has 2 aromatic rings. The predicted octanol–water partition coefficient (Wildman–Crippen LogP) is 4.88. The third-order valence-corrected chi connectivity index (χ3v) is 21.6. The first-order valence-corrected chi connectivity index (χ1v) is 24.3. The van der Waals surface area contributed by atoms with Gasteiger partial charge in [-0.2, -0.15) is 0 Å². The van der Waals surface area contributed by atoms with Crippen LogP contribution >= 0.6 is 42.7 Å². The van der Waals surface area contributed by atoms with E-state index in [0.29, 0.717) is 55.1 Å². The van der Waals surface area contributed by atoms with Crippen LogP contribution in [0.2, 0.25) is 0 Å². The Morgan fingerprint density at radius 1 is 0.922 bits per heavy atom. The maximum atomic E-state index is 13.6. The molecule has 5 N–H and O–H groups in total. The topological polar surface area (TPSA) is 149 Å². The van der Waals surface area contributed by atoms with Crippen LogP contribution in [0.5, 0.6) is 23.0 Å². The number of piperidine rings is 1. The molecule has 0 aromatic heterocycles. The summed E-state index contributed by atoms with van der Waals surface area (Å²) < 4.78 is 15.9. The number of Topliss-reactive ketones (excluding diaryl/α,β-unsaturated/α-hetero) is 2. The molecule has 9 aliphatic rings. The standard InChI is InChI=1S/C39H44I2N2O8/c1-41(42-16-18-2-3-18)24-15-36(48)8-6-26(45)35-39(36,40)29-23(24)14-22(31(47)33(29)51-35)21-12-20-13-27-38(49)9-7-25(44)34-37(38,28(20)32(50-34)30(21)46)10-11-43(27)17-19-4-5-19/h12,14,18-19,24,27,34-35,42,46-49H,2-11,13,15-17H2,1H3/t24?,27-,34?,35?,36-,37+,38-,39-/m1/s1. The first kappa shape index (κ1) is 32.7. The van der Waals surface area contributed by atoms with Crippen molar-refractivity contribution in [2.75, 3.05) is 24.6 Å². The van der Waals surface area contributed by atoms with Crippen molar-refractivity contribution in [1.82, 2.24) is 8.43 Å². The van der Waals surface area contributed by atoms with Crippen LogP contribution in [-0.4, -0.2) is 90.9 Å². The molecule has 8 atom stereocenters. The molecule has 1 spiro atoms. The molecule has 3 heterocycles. The number of hydrogen-bond acceptors (Lipinski definition) is 10. The molecule has 5 fully saturated rings. The summed E-state index contributed by atoms with van der Waals surface area (Å²) in [5, 5.41) is 49.5. The van der Waals surface area contributed by atoms with Crippen molar-refractivity contribution in [3.8, 4) is 34.1 Å². The molecule has 3 unspecified atom stereocenters. The summed E-state index contributed by atoms with van der Waals surface area (Å²) >= 11 is 0.309. The molecular weight excluding hydrogens is 878 g/mol. The Bertz CT molecular complexity index is 1970. The second kappa shape index (κ2) is 10.5. The monoisotopic (exact) mass is 922 g/mol. The van der Waals surface area contributed by atoms with Gasteiger partial charge in [0, 0.05) is 0 Å². The Kier molecular flexibility index (Phi) is 6.74. The summed E-state index contributed by atoms with van der Waals surface area (Å²) in [4.78, 5) is 31.8. The zero-order valence-corrected chi connectivity index (χ0v) is 33.0. The van der Waals surface area contributed by atoms with Crippen LogP contribution in [0.15, 0.2) is 12.1 Å². The molecule has 4 saturated carbocycles. The zero-order chi connectivity index (χ0) is 35.0. The van der Waals surface area contributed by atoms with E-state index in [1.165, 1.54) is 25.7 Å². The molecule has 10 nitrogen and oxygen atoms in total. The first-order valence-electron chi connectivity index (χ1n) is 18.8. The van der Waals surface area contributed by atoms with Gasteiger partial charge in [-0.25, -0.2) is 0 Å². The molecule has 2 bridgehead atoms. The second-order valence-corrected chi connectivity index (χ2v) is 24.1. The normalized spacial score (nSPS) is 40.0. The van der Waals surface area contributed by atoms with Crippen molar-refractivity contribution in [1.29, 1.82) is 0 Å². The SMILES string of the molecule is CI(NCC1CC1)C1C[C@]2(O)CCC(=O)C3Oc4c(O)c(-c5cc6c7c(c5O)OC5C(=O)CC[C@@]8(O)[C@@H](C6)N(CC6CC6)CC[C@]758)cc1c4[C@@]32I. The van der Waals surface area contributed by atoms with Crippen LogP contribution in [0.4, 0.5) is 0 Å². The number of hydrogen-bond donors (Lipinski definition) is 5. The Labute approximate surface area is 317 Å². The maximum absolute atomic E-state index is 13.6. The molecule has 11 rings (SSSR count). The zero-order valence-electron chi connectivity index (χ0n) is 28.6. The van der Waals surface area contributed by atoms with E-state index >= 15 is 0 Å². The molecule has 0 radical (unpaired) electrons. The van der Waals surface area contributed by atoms with Gasteiger partial charge in [-0.05, 0) is 12.8 Å². The van der Waals surface area contributed by atoms with Crippen molar-refractivity contribution >= 4 is 54.3 Å². The molecule has 272 valence electrons. The van der Waals surface area contributed by atoms with Gasteiger partial charge in [0.15, 0.2) is 0 Å². The van der Waals surface area contributed by atoms with Crippen LogP contribution in [-0.2, 0) is 24.8 Å². The molecule has 0 amide bonds. The number of carbonyl (C=O) groups is 2. The number of carbonyl (C=O) groups excluding carboxylic acids is 2. The van der Waals surface area contributed by atoms with E-state index < -0.39 is 52.3 Å². The quantitative estimate of drug-likeness (QED) is 0.148.